The van der Waals surface area contributed by atoms with Crippen molar-refractivity contribution in [2.24, 2.45) is 0 Å². The number of benzene rings is 6. The Hall–Kier alpha value is -15.4. The van der Waals surface area contributed by atoms with Crippen molar-refractivity contribution in [1.82, 2.24) is 87.0 Å². The number of Topliss-reactive ketones (excluding diaryl/α,β-unsaturated/α-hetero) is 3. The first-order valence-corrected chi connectivity index (χ1v) is 41.2. The highest BCUT2D eigenvalue weighted by Crippen LogP contribution is 2.31. The minimum atomic E-state index is -0.478. The van der Waals surface area contributed by atoms with E-state index in [1.54, 1.807) is 191 Å². The molecular formula is C91H89FN24O9S2. The number of carbonyl (C=O) groups is 6. The molecule has 0 saturated carbocycles. The summed E-state index contributed by atoms with van der Waals surface area (Å²) >= 11 is 2.94. The van der Waals surface area contributed by atoms with Crippen LogP contribution in [0.1, 0.15) is 57.4 Å². The molecule has 15 rings (SSSR count). The molecule has 0 aliphatic rings. The molecule has 0 radical (unpaired) electrons. The van der Waals surface area contributed by atoms with E-state index in [4.69, 9.17) is 17.2 Å². The number of hydrogen-bond donors (Lipinski definition) is 3. The first-order valence-electron chi connectivity index (χ1n) is 39.5. The Morgan fingerprint density at radius 1 is 0.394 bits per heavy atom. The van der Waals surface area contributed by atoms with Crippen LogP contribution in [0.2, 0.25) is 0 Å². The van der Waals surface area contributed by atoms with Gasteiger partial charge in [0.15, 0.2) is 51.7 Å². The molecule has 0 saturated heterocycles. The van der Waals surface area contributed by atoms with Gasteiger partial charge in [0.1, 0.15) is 51.4 Å². The fourth-order valence-corrected chi connectivity index (χ4v) is 15.1. The molecule has 0 spiro atoms. The van der Waals surface area contributed by atoms with E-state index in [9.17, 15) is 47.5 Å². The second kappa shape index (κ2) is 39.4. The number of pyridine rings is 1. The Kier molecular flexibility index (Phi) is 27.8. The number of nitrogens with zero attached hydrogens (tertiary/aromatic N) is 21. The van der Waals surface area contributed by atoms with E-state index >= 15 is 0 Å². The van der Waals surface area contributed by atoms with Gasteiger partial charge >= 0.3 is 17.1 Å². The van der Waals surface area contributed by atoms with Crippen LogP contribution in [0.4, 0.5) is 38.9 Å². The van der Waals surface area contributed by atoms with Crippen LogP contribution in [0.25, 0.3) is 67.6 Å². The molecule has 33 nitrogen and oxygen atoms in total. The maximum atomic E-state index is 14.0. The molecular weight excluding hydrogens is 1660 g/mol. The number of rotatable bonds is 27. The number of likely N-dealkylation sites (N-methyl/N-ethyl adjacent to an activating group) is 6. The van der Waals surface area contributed by atoms with Gasteiger partial charge in [-0.25, -0.2) is 72.3 Å². The number of carbonyl (C=O) groups excluding carboxylic acids is 6. The number of ketones is 3. The second-order valence-electron chi connectivity index (χ2n) is 30.1. The zero-order valence-corrected chi connectivity index (χ0v) is 72.8. The molecule has 646 valence electrons. The number of imidazole rings is 3. The van der Waals surface area contributed by atoms with Crippen LogP contribution in [-0.2, 0) is 33.6 Å². The number of anilines is 6. The first-order chi connectivity index (χ1) is 60.9. The van der Waals surface area contributed by atoms with Gasteiger partial charge in [0.25, 0.3) is 0 Å². The summed E-state index contributed by atoms with van der Waals surface area (Å²) in [4.78, 5) is 168. The van der Waals surface area contributed by atoms with E-state index < -0.39 is 22.9 Å². The minimum Gasteiger partial charge on any atom is -0.382 e. The molecule has 0 fully saturated rings. The SMILES string of the molecule is CN(C)C/C=C/C(=O)N(C)c1cccc(-n2c(=O)n(-c3ccc(C(=O)Cc4ccc(F)cn4)cc3)c3c(N)ncnc32)c1.Cc1cnc(CC(=O)c2ccc(-n3c(=O)n(-c4cccc(N(C)C(=O)/C=C/CN(C)C)c4)c4ncnc(N)c43)cc2)s1.Cc1csc(CC(=O)c2ccc(-n3c(=O)n(-c4cccc(N(C)C(=O)/C=C/CN(C)C)c4)c4ncnc(N)c43)cc2)n1. The molecule has 0 atom stereocenters. The van der Waals surface area contributed by atoms with Gasteiger partial charge in [-0.15, -0.1) is 22.7 Å². The number of aryl methyl sites for hydroxylation is 2. The van der Waals surface area contributed by atoms with Crippen molar-refractivity contribution in [2.75, 3.05) is 115 Å². The lowest BCUT2D eigenvalue weighted by atomic mass is 10.1. The Balaban J connectivity index is 0.000000163. The summed E-state index contributed by atoms with van der Waals surface area (Å²) in [7, 11) is 16.5. The Morgan fingerprint density at radius 3 is 1.05 bits per heavy atom. The largest absolute Gasteiger partial charge is 0.382 e. The Bertz CT molecular complexity index is 6670. The molecule has 6 N–H and O–H groups in total. The summed E-state index contributed by atoms with van der Waals surface area (Å²) in [6.45, 7) is 5.73. The highest BCUT2D eigenvalue weighted by atomic mass is 32.1. The highest BCUT2D eigenvalue weighted by molar-refractivity contribution is 7.11. The van der Waals surface area contributed by atoms with Crippen molar-refractivity contribution in [2.45, 2.75) is 33.1 Å². The fourth-order valence-electron chi connectivity index (χ4n) is 13.5. The van der Waals surface area contributed by atoms with E-state index in [-0.39, 0.29) is 77.4 Å². The molecule has 0 unspecified atom stereocenters. The zero-order chi connectivity index (χ0) is 90.6. The van der Waals surface area contributed by atoms with Crippen molar-refractivity contribution in [1.29, 1.82) is 0 Å². The van der Waals surface area contributed by atoms with E-state index in [2.05, 4.69) is 44.9 Å². The molecule has 9 aromatic heterocycles. The third-order valence-corrected chi connectivity index (χ3v) is 21.9. The molecule has 15 aromatic rings. The summed E-state index contributed by atoms with van der Waals surface area (Å²) in [6, 6.07) is 43.7. The zero-order valence-electron chi connectivity index (χ0n) is 71.2. The standard InChI is InChI=1S/C31H29FN8O3.2C30H30N8O3S/c1-37(2)15-5-8-27(42)38(3)24-6-4-7-25(17-24)40-30-28(29(33)35-19-36-30)39(31(40)43)23-13-9-20(10-14-23)26(41)16-22-12-11-21(32)18-34-22;1-19-17-42-25(34-19)16-24(39)20-10-12-21(13-11-20)37-27-28(31)32-18-33-29(27)38(30(37)41)23-8-5-7-22(15-23)36(4)26(40)9-6-14-35(2)3;1-19-17-32-25(42-19)16-24(39)20-10-12-21(13-11-20)37-27-28(31)33-18-34-29(27)38(30(37)41)23-8-5-7-22(15-23)36(4)26(40)9-6-14-35(2)3/h4-14,17-19H,15-16H2,1-3H3,(H2,33,35,36);5-13,15,17-18H,14,16H2,1-4H3,(H2,31,32,33);5-13,15,17-18H,14,16H2,1-4H3,(H2,31,33,34)/b8-5+;2*9-6+. The average molecular weight is 1750 g/mol. The summed E-state index contributed by atoms with van der Waals surface area (Å²) in [6.07, 6.45) is 17.0. The van der Waals surface area contributed by atoms with Gasteiger partial charge in [-0.05, 0) is 196 Å². The van der Waals surface area contributed by atoms with E-state index in [0.29, 0.717) is 121 Å². The Morgan fingerprint density at radius 2 is 0.740 bits per heavy atom. The molecule has 9 heterocycles. The van der Waals surface area contributed by atoms with E-state index in [1.165, 1.54) is 114 Å². The lowest BCUT2D eigenvalue weighted by Gasteiger charge is -2.16. The number of aromatic nitrogens is 15. The van der Waals surface area contributed by atoms with E-state index in [0.717, 1.165) is 26.8 Å². The molecule has 6 aromatic carbocycles. The second-order valence-corrected chi connectivity index (χ2v) is 32.3. The third kappa shape index (κ3) is 20.5. The predicted octanol–water partition coefficient (Wildman–Crippen LogP) is 10.0. The highest BCUT2D eigenvalue weighted by Gasteiger charge is 2.27. The number of amides is 3. The average Bonchev–Trinajstić information content (AvgIpc) is 1.60. The lowest BCUT2D eigenvalue weighted by molar-refractivity contribution is -0.114. The fraction of sp³-hybridized carbons (Fsp3) is 0.187. The topological polar surface area (TPSA) is 397 Å². The molecule has 0 aliphatic carbocycles. The van der Waals surface area contributed by atoms with Crippen LogP contribution in [0, 0.1) is 19.7 Å². The molecule has 3 amide bonds. The number of thiazole rings is 2. The predicted molar refractivity (Wildman–Crippen MR) is 492 cm³/mol. The van der Waals surface area contributed by atoms with Gasteiger partial charge in [0.2, 0.25) is 17.7 Å². The van der Waals surface area contributed by atoms with Gasteiger partial charge in [-0.1, -0.05) is 36.4 Å². The maximum Gasteiger partial charge on any atom is 0.339 e. The van der Waals surface area contributed by atoms with Gasteiger partial charge in [-0.3, -0.25) is 47.5 Å². The van der Waals surface area contributed by atoms with Crippen LogP contribution in [-0.4, -0.2) is 205 Å². The Labute approximate surface area is 735 Å². The normalized spacial score (nSPS) is 11.5. The van der Waals surface area contributed by atoms with Gasteiger partial charge < -0.3 is 46.6 Å². The number of fused-ring (bicyclic) bond motifs is 3. The van der Waals surface area contributed by atoms with Crippen molar-refractivity contribution >= 4 is 126 Å². The van der Waals surface area contributed by atoms with Gasteiger partial charge in [0.05, 0.1) is 59.6 Å². The smallest absolute Gasteiger partial charge is 0.339 e. The summed E-state index contributed by atoms with van der Waals surface area (Å²) in [5.41, 5.74) is 26.7. The number of halogens is 1. The minimum absolute atomic E-state index is 0.00158. The van der Waals surface area contributed by atoms with Crippen LogP contribution >= 0.6 is 22.7 Å². The van der Waals surface area contributed by atoms with Crippen LogP contribution in [0.15, 0.2) is 245 Å². The lowest BCUT2D eigenvalue weighted by Crippen LogP contribution is -2.25. The van der Waals surface area contributed by atoms with Crippen molar-refractivity contribution in [3.05, 3.63) is 311 Å². The molecule has 0 aliphatic heterocycles. The van der Waals surface area contributed by atoms with E-state index in [1.807, 2.05) is 76.2 Å². The monoisotopic (exact) mass is 1740 g/mol. The van der Waals surface area contributed by atoms with Crippen molar-refractivity contribution < 1.29 is 33.2 Å². The molecule has 127 heavy (non-hydrogen) atoms. The van der Waals surface area contributed by atoms with Crippen molar-refractivity contribution in [3.63, 3.8) is 0 Å². The quantitative estimate of drug-likeness (QED) is 0.0318. The summed E-state index contributed by atoms with van der Waals surface area (Å²) in [5.74, 6) is -1.09. The van der Waals surface area contributed by atoms with Crippen LogP contribution in [0.5, 0.6) is 0 Å². The number of nitrogen functional groups attached to an aromatic ring is 3. The summed E-state index contributed by atoms with van der Waals surface area (Å²) < 4.78 is 21.7. The molecule has 36 heteroatoms. The first kappa shape index (κ1) is 89.4. The van der Waals surface area contributed by atoms with Crippen LogP contribution < -0.4 is 49.0 Å². The third-order valence-electron chi connectivity index (χ3n) is 20.0. The van der Waals surface area contributed by atoms with Crippen LogP contribution in [0.3, 0.4) is 0 Å². The van der Waals surface area contributed by atoms with Gasteiger partial charge in [0, 0.05) is 121 Å². The van der Waals surface area contributed by atoms with Gasteiger partial charge in [-0.2, -0.15) is 0 Å². The summed E-state index contributed by atoms with van der Waals surface area (Å²) in [5, 5.41) is 3.42. The number of nitrogens with two attached hydrogens (primary N) is 3. The van der Waals surface area contributed by atoms with Crippen molar-refractivity contribution in [3.8, 4) is 34.1 Å². The molecule has 0 bridgehead atoms. The number of hydrogen-bond acceptors (Lipinski definition) is 26. The maximum absolute atomic E-state index is 14.0.